The minimum atomic E-state index is -0.935. The molecule has 0 aliphatic carbocycles. The molecule has 1 aliphatic heterocycles. The Kier molecular flexibility index (Phi) is 3.66. The van der Waals surface area contributed by atoms with Crippen molar-refractivity contribution in [1.82, 2.24) is 10.2 Å². The third-order valence-corrected chi connectivity index (χ3v) is 3.24. The Morgan fingerprint density at radius 2 is 2.19 bits per heavy atom. The number of rotatable bonds is 3. The molecule has 9 heteroatoms. The van der Waals surface area contributed by atoms with E-state index in [1.54, 1.807) is 6.92 Å². The van der Waals surface area contributed by atoms with Gasteiger partial charge in [-0.15, -0.1) is 0 Å². The number of nitro groups is 1. The number of amides is 2. The normalized spacial score (nSPS) is 18.5. The Balaban J connectivity index is 2.50. The average Bonchev–Trinajstić information content (AvgIpc) is 2.93. The van der Waals surface area contributed by atoms with Crippen molar-refractivity contribution in [3.05, 3.63) is 39.3 Å². The lowest BCUT2D eigenvalue weighted by Crippen LogP contribution is -2.46. The Labute approximate surface area is 119 Å². The van der Waals surface area contributed by atoms with E-state index in [9.17, 15) is 19.7 Å². The Hall–Kier alpha value is -2.84. The SMILES string of the molecule is COC(=O)C1=C(C)N(C)C(=O)N[C@H]1c1ccc([N+](=O)[O-])o1. The van der Waals surface area contributed by atoms with Crippen LogP contribution in [0.4, 0.5) is 10.7 Å². The van der Waals surface area contributed by atoms with E-state index < -0.39 is 28.8 Å². The summed E-state index contributed by atoms with van der Waals surface area (Å²) in [4.78, 5) is 35.0. The number of carbonyl (C=O) groups is 2. The largest absolute Gasteiger partial charge is 0.466 e. The number of carbonyl (C=O) groups excluding carboxylic acids is 2. The maximum atomic E-state index is 11.9. The van der Waals surface area contributed by atoms with Crippen LogP contribution in [0, 0.1) is 10.1 Å². The highest BCUT2D eigenvalue weighted by molar-refractivity contribution is 5.94. The first-order valence-corrected chi connectivity index (χ1v) is 5.94. The first-order chi connectivity index (χ1) is 9.86. The van der Waals surface area contributed by atoms with E-state index in [0.29, 0.717) is 5.70 Å². The first kappa shape index (κ1) is 14.6. The van der Waals surface area contributed by atoms with Crippen LogP contribution in [0.15, 0.2) is 27.8 Å². The molecule has 1 aliphatic rings. The third kappa shape index (κ3) is 2.45. The molecule has 112 valence electrons. The van der Waals surface area contributed by atoms with Crippen LogP contribution in [0.1, 0.15) is 18.7 Å². The zero-order valence-electron chi connectivity index (χ0n) is 11.6. The van der Waals surface area contributed by atoms with E-state index in [-0.39, 0.29) is 11.3 Å². The number of nitrogens with zero attached hydrogens (tertiary/aromatic N) is 2. The maximum absolute atomic E-state index is 11.9. The molecule has 2 heterocycles. The van der Waals surface area contributed by atoms with Crippen LogP contribution in [-0.4, -0.2) is 36.0 Å². The number of allylic oxidation sites excluding steroid dienone is 1. The molecule has 2 rings (SSSR count). The zero-order valence-corrected chi connectivity index (χ0v) is 11.6. The number of methoxy groups -OCH3 is 1. The van der Waals surface area contributed by atoms with Crippen LogP contribution in [-0.2, 0) is 9.53 Å². The first-order valence-electron chi connectivity index (χ1n) is 5.94. The Morgan fingerprint density at radius 1 is 1.52 bits per heavy atom. The van der Waals surface area contributed by atoms with Crippen LogP contribution in [0.5, 0.6) is 0 Å². The zero-order chi connectivity index (χ0) is 15.7. The lowest BCUT2D eigenvalue weighted by molar-refractivity contribution is -0.402. The number of hydrogen-bond acceptors (Lipinski definition) is 6. The molecule has 0 unspecified atom stereocenters. The third-order valence-electron chi connectivity index (χ3n) is 3.24. The lowest BCUT2D eigenvalue weighted by Gasteiger charge is -2.31. The summed E-state index contributed by atoms with van der Waals surface area (Å²) in [7, 11) is 2.70. The average molecular weight is 295 g/mol. The molecule has 21 heavy (non-hydrogen) atoms. The maximum Gasteiger partial charge on any atom is 0.433 e. The molecule has 0 fully saturated rings. The van der Waals surface area contributed by atoms with Gasteiger partial charge in [-0.25, -0.2) is 9.59 Å². The summed E-state index contributed by atoms with van der Waals surface area (Å²) >= 11 is 0. The van der Waals surface area contributed by atoms with Crippen LogP contribution in [0.25, 0.3) is 0 Å². The summed E-state index contributed by atoms with van der Waals surface area (Å²) in [6.07, 6.45) is 0. The van der Waals surface area contributed by atoms with E-state index in [2.05, 4.69) is 5.32 Å². The molecule has 0 saturated heterocycles. The number of furan rings is 1. The number of ether oxygens (including phenoxy) is 1. The van der Waals surface area contributed by atoms with E-state index in [1.807, 2.05) is 0 Å². The van der Waals surface area contributed by atoms with E-state index in [0.717, 1.165) is 6.07 Å². The van der Waals surface area contributed by atoms with Crippen molar-refractivity contribution < 1.29 is 23.7 Å². The number of nitrogens with one attached hydrogen (secondary N) is 1. The van der Waals surface area contributed by atoms with Gasteiger partial charge in [-0.1, -0.05) is 0 Å². The van der Waals surface area contributed by atoms with Crippen LogP contribution in [0.3, 0.4) is 0 Å². The van der Waals surface area contributed by atoms with Gasteiger partial charge >= 0.3 is 17.9 Å². The van der Waals surface area contributed by atoms with Crippen LogP contribution >= 0.6 is 0 Å². The summed E-state index contributed by atoms with van der Waals surface area (Å²) in [6.45, 7) is 1.58. The van der Waals surface area contributed by atoms with Gasteiger partial charge in [0.15, 0.2) is 0 Å². The summed E-state index contributed by atoms with van der Waals surface area (Å²) in [5, 5.41) is 13.2. The predicted octanol–water partition coefficient (Wildman–Crippen LogP) is 1.33. The number of urea groups is 1. The molecular weight excluding hydrogens is 282 g/mol. The molecule has 0 spiro atoms. The summed E-state index contributed by atoms with van der Waals surface area (Å²) in [5.74, 6) is -1.04. The molecular formula is C12H13N3O6. The second-order valence-electron chi connectivity index (χ2n) is 4.37. The topological polar surface area (TPSA) is 115 Å². The Bertz CT molecular complexity index is 647. The molecule has 0 bridgehead atoms. The molecule has 1 atom stereocenters. The number of esters is 1. The molecule has 0 saturated carbocycles. The molecule has 0 radical (unpaired) electrons. The van der Waals surface area contributed by atoms with Gasteiger partial charge in [0.2, 0.25) is 0 Å². The van der Waals surface area contributed by atoms with E-state index in [4.69, 9.17) is 9.15 Å². The van der Waals surface area contributed by atoms with Crippen LogP contribution < -0.4 is 5.32 Å². The monoisotopic (exact) mass is 295 g/mol. The smallest absolute Gasteiger partial charge is 0.433 e. The summed E-state index contributed by atoms with van der Waals surface area (Å²) in [6, 6.07) is 1.10. The molecule has 9 nitrogen and oxygen atoms in total. The quantitative estimate of drug-likeness (QED) is 0.511. The minimum absolute atomic E-state index is 0.0860. The second-order valence-corrected chi connectivity index (χ2v) is 4.37. The van der Waals surface area contributed by atoms with Gasteiger partial charge in [-0.3, -0.25) is 10.1 Å². The van der Waals surface area contributed by atoms with Gasteiger partial charge in [0.25, 0.3) is 0 Å². The fourth-order valence-electron chi connectivity index (χ4n) is 2.02. The minimum Gasteiger partial charge on any atom is -0.466 e. The number of hydrogen-bond donors (Lipinski definition) is 1. The van der Waals surface area contributed by atoms with Crippen molar-refractivity contribution in [3.8, 4) is 0 Å². The highest BCUT2D eigenvalue weighted by Gasteiger charge is 2.37. The van der Waals surface area contributed by atoms with Gasteiger partial charge in [0.05, 0.1) is 18.7 Å². The highest BCUT2D eigenvalue weighted by atomic mass is 16.6. The van der Waals surface area contributed by atoms with Gasteiger partial charge in [0, 0.05) is 12.7 Å². The molecule has 1 aromatic heterocycles. The van der Waals surface area contributed by atoms with Crippen molar-refractivity contribution in [2.24, 2.45) is 0 Å². The van der Waals surface area contributed by atoms with Crippen molar-refractivity contribution in [3.63, 3.8) is 0 Å². The van der Waals surface area contributed by atoms with Gasteiger partial charge in [-0.2, -0.15) is 0 Å². The second kappa shape index (κ2) is 5.27. The fourth-order valence-corrected chi connectivity index (χ4v) is 2.02. The molecule has 1 N–H and O–H groups in total. The fraction of sp³-hybridized carbons (Fsp3) is 0.333. The van der Waals surface area contributed by atoms with E-state index in [1.165, 1.54) is 25.1 Å². The van der Waals surface area contributed by atoms with Gasteiger partial charge in [-0.05, 0) is 13.0 Å². The summed E-state index contributed by atoms with van der Waals surface area (Å²) < 4.78 is 9.77. The van der Waals surface area contributed by atoms with Crippen LogP contribution in [0.2, 0.25) is 0 Å². The van der Waals surface area contributed by atoms with Crippen molar-refractivity contribution in [2.75, 3.05) is 14.2 Å². The lowest BCUT2D eigenvalue weighted by atomic mass is 10.0. The van der Waals surface area contributed by atoms with Crippen molar-refractivity contribution in [1.29, 1.82) is 0 Å². The standard InChI is InChI=1S/C12H13N3O6/c1-6-9(11(16)20-3)10(13-12(17)14(6)2)7-4-5-8(21-7)15(18)19/h4-5,10H,1-3H3,(H,13,17)/t10-/m0/s1. The predicted molar refractivity (Wildman–Crippen MR) is 69.1 cm³/mol. The van der Waals surface area contributed by atoms with Crippen molar-refractivity contribution >= 4 is 17.9 Å². The molecule has 0 aromatic carbocycles. The van der Waals surface area contributed by atoms with Crippen molar-refractivity contribution in [2.45, 2.75) is 13.0 Å². The highest BCUT2D eigenvalue weighted by Crippen LogP contribution is 2.32. The van der Waals surface area contributed by atoms with Gasteiger partial charge in [0.1, 0.15) is 16.7 Å². The summed E-state index contributed by atoms with van der Waals surface area (Å²) in [5.41, 5.74) is 0.540. The molecule has 1 aromatic rings. The van der Waals surface area contributed by atoms with Gasteiger partial charge < -0.3 is 19.4 Å². The Morgan fingerprint density at radius 3 is 2.71 bits per heavy atom. The molecule has 2 amide bonds. The van der Waals surface area contributed by atoms with E-state index >= 15 is 0 Å².